The lowest BCUT2D eigenvalue weighted by Gasteiger charge is -2.28. The van der Waals surface area contributed by atoms with Gasteiger partial charge in [0.05, 0.1) is 0 Å². The molecular formula is C27H30N2O6. The van der Waals surface area contributed by atoms with E-state index in [1.165, 1.54) is 4.90 Å². The van der Waals surface area contributed by atoms with E-state index in [-0.39, 0.29) is 36.8 Å². The maximum atomic E-state index is 13.1. The number of carbonyl (C=O) groups is 3. The normalized spacial score (nSPS) is 25.2. The minimum absolute atomic E-state index is 0.0256. The van der Waals surface area contributed by atoms with Crippen molar-refractivity contribution in [2.75, 3.05) is 26.3 Å². The SMILES string of the molecule is CC1CCN(C(=O)[C@H]2OCC[C@H]2CNC(=O)OCC2c3ccccc3-c3ccccc32)C1C(=O)O. The summed E-state index contributed by atoms with van der Waals surface area (Å²) in [4.78, 5) is 38.7. The van der Waals surface area contributed by atoms with Gasteiger partial charge in [-0.15, -0.1) is 0 Å². The molecule has 0 radical (unpaired) electrons. The minimum Gasteiger partial charge on any atom is -0.480 e. The zero-order valence-corrected chi connectivity index (χ0v) is 19.7. The number of hydrogen-bond donors (Lipinski definition) is 2. The smallest absolute Gasteiger partial charge is 0.407 e. The molecule has 0 aromatic heterocycles. The zero-order valence-electron chi connectivity index (χ0n) is 19.7. The molecule has 0 spiro atoms. The van der Waals surface area contributed by atoms with Crippen molar-refractivity contribution in [3.05, 3.63) is 59.7 Å². The molecule has 2 aromatic rings. The minimum atomic E-state index is -0.991. The van der Waals surface area contributed by atoms with Crippen LogP contribution in [0.1, 0.15) is 36.8 Å². The molecule has 4 atom stereocenters. The molecule has 0 saturated carbocycles. The van der Waals surface area contributed by atoms with Gasteiger partial charge in [-0.3, -0.25) is 4.79 Å². The van der Waals surface area contributed by atoms with E-state index < -0.39 is 24.2 Å². The molecular weight excluding hydrogens is 448 g/mol. The number of alkyl carbamates (subject to hydrolysis) is 1. The number of hydrogen-bond acceptors (Lipinski definition) is 5. The van der Waals surface area contributed by atoms with Crippen LogP contribution in [0.3, 0.4) is 0 Å². The van der Waals surface area contributed by atoms with E-state index in [1.54, 1.807) is 0 Å². The Labute approximate surface area is 204 Å². The Hall–Kier alpha value is -3.39. The van der Waals surface area contributed by atoms with Gasteiger partial charge in [0, 0.05) is 31.5 Å². The summed E-state index contributed by atoms with van der Waals surface area (Å²) in [6, 6.07) is 15.5. The summed E-state index contributed by atoms with van der Waals surface area (Å²) in [6.45, 7) is 3.10. The van der Waals surface area contributed by atoms with E-state index in [1.807, 2.05) is 31.2 Å². The van der Waals surface area contributed by atoms with Gasteiger partial charge >= 0.3 is 12.1 Å². The molecule has 2 unspecified atom stereocenters. The Morgan fingerprint density at radius 1 is 1.06 bits per heavy atom. The van der Waals surface area contributed by atoms with Crippen LogP contribution in [0, 0.1) is 11.8 Å². The summed E-state index contributed by atoms with van der Waals surface area (Å²) >= 11 is 0. The molecule has 1 aliphatic carbocycles. The van der Waals surface area contributed by atoms with Crippen LogP contribution >= 0.6 is 0 Å². The number of nitrogens with one attached hydrogen (secondary N) is 1. The number of rotatable bonds is 6. The first kappa shape index (κ1) is 23.4. The number of likely N-dealkylation sites (tertiary alicyclic amines) is 1. The van der Waals surface area contributed by atoms with Gasteiger partial charge in [-0.1, -0.05) is 55.5 Å². The summed E-state index contributed by atoms with van der Waals surface area (Å²) in [5, 5.41) is 12.3. The van der Waals surface area contributed by atoms with Crippen LogP contribution < -0.4 is 5.32 Å². The Kier molecular flexibility index (Phi) is 6.47. The summed E-state index contributed by atoms with van der Waals surface area (Å²) in [5.74, 6) is -1.65. The molecule has 8 heteroatoms. The van der Waals surface area contributed by atoms with Crippen molar-refractivity contribution in [1.82, 2.24) is 10.2 Å². The quantitative estimate of drug-likeness (QED) is 0.660. The molecule has 2 aliphatic heterocycles. The third-order valence-corrected chi connectivity index (χ3v) is 7.55. The number of carboxylic acids is 1. The second-order valence-corrected chi connectivity index (χ2v) is 9.63. The van der Waals surface area contributed by atoms with Crippen LogP contribution in [-0.4, -0.2) is 66.4 Å². The van der Waals surface area contributed by atoms with Crippen LogP contribution in [0.4, 0.5) is 4.79 Å². The van der Waals surface area contributed by atoms with Gasteiger partial charge in [0.2, 0.25) is 0 Å². The van der Waals surface area contributed by atoms with Gasteiger partial charge in [0.15, 0.2) is 0 Å². The van der Waals surface area contributed by atoms with Crippen molar-refractivity contribution in [2.45, 2.75) is 37.8 Å². The summed E-state index contributed by atoms with van der Waals surface area (Å²) in [5.41, 5.74) is 4.61. The van der Waals surface area contributed by atoms with Crippen molar-refractivity contribution in [3.8, 4) is 11.1 Å². The second-order valence-electron chi connectivity index (χ2n) is 9.63. The molecule has 8 nitrogen and oxygen atoms in total. The van der Waals surface area contributed by atoms with Gasteiger partial charge in [-0.2, -0.15) is 0 Å². The molecule has 2 N–H and O–H groups in total. The van der Waals surface area contributed by atoms with Crippen molar-refractivity contribution in [1.29, 1.82) is 0 Å². The molecule has 2 aromatic carbocycles. The Morgan fingerprint density at radius 2 is 1.71 bits per heavy atom. The fourth-order valence-electron chi connectivity index (χ4n) is 5.71. The number of fused-ring (bicyclic) bond motifs is 3. The average Bonchev–Trinajstić information content (AvgIpc) is 3.57. The largest absolute Gasteiger partial charge is 0.480 e. The topological polar surface area (TPSA) is 105 Å². The standard InChI is InChI=1S/C27H30N2O6/c1-16-10-12-29(23(16)26(31)32)25(30)24-17(11-13-34-24)14-28-27(33)35-15-22-20-8-4-2-6-18(20)19-7-3-5-9-21(19)22/h2-9,16-17,22-24H,10-15H2,1H3,(H,28,33)(H,31,32)/t16?,17-,23?,24-/m0/s1. The number of carbonyl (C=O) groups excluding carboxylic acids is 2. The van der Waals surface area contributed by atoms with Crippen molar-refractivity contribution >= 4 is 18.0 Å². The first-order chi connectivity index (χ1) is 17.0. The Balaban J connectivity index is 1.17. The van der Waals surface area contributed by atoms with Gasteiger partial charge in [0.25, 0.3) is 5.91 Å². The number of amides is 2. The highest BCUT2D eigenvalue weighted by Gasteiger charge is 2.45. The lowest BCUT2D eigenvalue weighted by molar-refractivity contribution is -0.154. The van der Waals surface area contributed by atoms with Gasteiger partial charge < -0.3 is 24.8 Å². The third-order valence-electron chi connectivity index (χ3n) is 7.55. The van der Waals surface area contributed by atoms with Crippen LogP contribution in [0.2, 0.25) is 0 Å². The number of ether oxygens (including phenoxy) is 2. The van der Waals surface area contributed by atoms with Crippen LogP contribution in [-0.2, 0) is 19.1 Å². The lowest BCUT2D eigenvalue weighted by atomic mass is 9.98. The monoisotopic (exact) mass is 478 g/mol. The molecule has 2 fully saturated rings. The molecule has 35 heavy (non-hydrogen) atoms. The lowest BCUT2D eigenvalue weighted by Crippen LogP contribution is -2.49. The Morgan fingerprint density at radius 3 is 2.37 bits per heavy atom. The van der Waals surface area contributed by atoms with Gasteiger partial charge in [0.1, 0.15) is 18.8 Å². The molecule has 3 aliphatic rings. The van der Waals surface area contributed by atoms with Crippen LogP contribution in [0.15, 0.2) is 48.5 Å². The average molecular weight is 479 g/mol. The van der Waals surface area contributed by atoms with E-state index in [4.69, 9.17) is 9.47 Å². The summed E-state index contributed by atoms with van der Waals surface area (Å²) in [7, 11) is 0. The van der Waals surface area contributed by atoms with E-state index >= 15 is 0 Å². The predicted molar refractivity (Wildman–Crippen MR) is 128 cm³/mol. The van der Waals surface area contributed by atoms with E-state index in [0.29, 0.717) is 26.0 Å². The van der Waals surface area contributed by atoms with E-state index in [2.05, 4.69) is 29.6 Å². The first-order valence-corrected chi connectivity index (χ1v) is 12.2. The molecule has 2 amide bonds. The number of nitrogens with zero attached hydrogens (tertiary/aromatic N) is 1. The molecule has 2 heterocycles. The van der Waals surface area contributed by atoms with E-state index in [0.717, 1.165) is 22.3 Å². The van der Waals surface area contributed by atoms with Crippen molar-refractivity contribution < 1.29 is 29.0 Å². The molecule has 5 rings (SSSR count). The molecule has 184 valence electrons. The number of aliphatic carboxylic acids is 1. The van der Waals surface area contributed by atoms with Crippen LogP contribution in [0.25, 0.3) is 11.1 Å². The maximum Gasteiger partial charge on any atom is 0.407 e. The maximum absolute atomic E-state index is 13.1. The number of benzene rings is 2. The fraction of sp³-hybridized carbons (Fsp3) is 0.444. The molecule has 0 bridgehead atoms. The second kappa shape index (κ2) is 9.70. The van der Waals surface area contributed by atoms with Crippen LogP contribution in [0.5, 0.6) is 0 Å². The highest BCUT2D eigenvalue weighted by atomic mass is 16.5. The van der Waals surface area contributed by atoms with Gasteiger partial charge in [-0.05, 0) is 41.0 Å². The Bertz CT molecular complexity index is 1090. The van der Waals surface area contributed by atoms with Crippen molar-refractivity contribution in [2.24, 2.45) is 11.8 Å². The molecule has 2 saturated heterocycles. The first-order valence-electron chi connectivity index (χ1n) is 12.2. The number of carboxylic acid groups (broad SMARTS) is 1. The summed E-state index contributed by atoms with van der Waals surface area (Å²) in [6.07, 6.45) is -0.0292. The van der Waals surface area contributed by atoms with Crippen molar-refractivity contribution in [3.63, 3.8) is 0 Å². The predicted octanol–water partition coefficient (Wildman–Crippen LogP) is 3.25. The highest BCUT2D eigenvalue weighted by molar-refractivity contribution is 5.87. The highest BCUT2D eigenvalue weighted by Crippen LogP contribution is 2.44. The van der Waals surface area contributed by atoms with E-state index in [9.17, 15) is 19.5 Å². The zero-order chi connectivity index (χ0) is 24.5. The summed E-state index contributed by atoms with van der Waals surface area (Å²) < 4.78 is 11.3. The fourth-order valence-corrected chi connectivity index (χ4v) is 5.71. The van der Waals surface area contributed by atoms with Gasteiger partial charge in [-0.25, -0.2) is 9.59 Å². The third kappa shape index (κ3) is 4.38.